The molecule has 3 heterocycles. The smallest absolute Gasteiger partial charge is 0.320 e. The standard InChI is InChI=1S/C16H15Cl2FN4O2/c1-21-6-8-7-22(4-5-23(8)16(21)25)15(24)14-13(18)11-10(20-14)3-2-9(19)12(11)17/h2-3,8,20H,4-7H2,1H3. The summed E-state index contributed by atoms with van der Waals surface area (Å²) in [5.74, 6) is -0.866. The fourth-order valence-electron chi connectivity index (χ4n) is 3.55. The van der Waals surface area contributed by atoms with Crippen LogP contribution in [0, 0.1) is 5.82 Å². The number of benzene rings is 1. The summed E-state index contributed by atoms with van der Waals surface area (Å²) in [6.07, 6.45) is 0. The molecule has 3 amide bonds. The number of aromatic nitrogens is 1. The van der Waals surface area contributed by atoms with Gasteiger partial charge in [0.15, 0.2) is 0 Å². The second-order valence-electron chi connectivity index (χ2n) is 6.36. The van der Waals surface area contributed by atoms with Gasteiger partial charge in [0.05, 0.1) is 16.1 Å². The Bertz CT molecular complexity index is 900. The van der Waals surface area contributed by atoms with Crippen molar-refractivity contribution in [2.75, 3.05) is 33.2 Å². The van der Waals surface area contributed by atoms with Gasteiger partial charge in [-0.15, -0.1) is 0 Å². The van der Waals surface area contributed by atoms with E-state index in [2.05, 4.69) is 4.98 Å². The number of aromatic amines is 1. The number of carbonyl (C=O) groups is 2. The first-order valence-corrected chi connectivity index (χ1v) is 8.60. The minimum atomic E-state index is -0.588. The van der Waals surface area contributed by atoms with Crippen LogP contribution in [0.25, 0.3) is 10.9 Å². The Morgan fingerprint density at radius 3 is 2.76 bits per heavy atom. The highest BCUT2D eigenvalue weighted by Gasteiger charge is 2.40. The predicted octanol–water partition coefficient (Wildman–Crippen LogP) is 2.81. The highest BCUT2D eigenvalue weighted by Crippen LogP contribution is 2.35. The SMILES string of the molecule is CN1CC2CN(C(=O)c3[nH]c4ccc(F)c(Cl)c4c3Cl)CCN2C1=O. The van der Waals surface area contributed by atoms with Crippen LogP contribution in [0.2, 0.25) is 10.0 Å². The fraction of sp³-hybridized carbons (Fsp3) is 0.375. The summed E-state index contributed by atoms with van der Waals surface area (Å²) in [5, 5.41) is 0.318. The molecule has 2 aliphatic heterocycles. The monoisotopic (exact) mass is 384 g/mol. The molecule has 1 N–H and O–H groups in total. The maximum Gasteiger partial charge on any atom is 0.320 e. The molecular formula is C16H15Cl2FN4O2. The molecule has 2 aliphatic rings. The molecule has 0 saturated carbocycles. The zero-order chi connectivity index (χ0) is 17.9. The molecule has 1 aromatic heterocycles. The minimum absolute atomic E-state index is 0.0111. The lowest BCUT2D eigenvalue weighted by atomic mass is 10.2. The van der Waals surface area contributed by atoms with Gasteiger partial charge in [0.2, 0.25) is 0 Å². The number of carbonyl (C=O) groups excluding carboxylic acids is 2. The average molecular weight is 385 g/mol. The summed E-state index contributed by atoms with van der Waals surface area (Å²) in [4.78, 5) is 32.9. The Morgan fingerprint density at radius 2 is 2.00 bits per heavy atom. The maximum absolute atomic E-state index is 13.7. The molecular weight excluding hydrogens is 370 g/mol. The van der Waals surface area contributed by atoms with Crippen LogP contribution in [0.15, 0.2) is 12.1 Å². The van der Waals surface area contributed by atoms with Gasteiger partial charge in [0.25, 0.3) is 5.91 Å². The fourth-order valence-corrected chi connectivity index (χ4v) is 4.18. The largest absolute Gasteiger partial charge is 0.349 e. The molecule has 0 spiro atoms. The number of piperazine rings is 1. The van der Waals surface area contributed by atoms with Crippen LogP contribution in [-0.4, -0.2) is 70.9 Å². The van der Waals surface area contributed by atoms with E-state index in [0.29, 0.717) is 37.1 Å². The number of urea groups is 1. The van der Waals surface area contributed by atoms with Crippen molar-refractivity contribution in [2.45, 2.75) is 6.04 Å². The van der Waals surface area contributed by atoms with E-state index in [0.717, 1.165) is 0 Å². The van der Waals surface area contributed by atoms with Crippen molar-refractivity contribution in [2.24, 2.45) is 0 Å². The van der Waals surface area contributed by atoms with Crippen LogP contribution in [0.3, 0.4) is 0 Å². The zero-order valence-electron chi connectivity index (χ0n) is 13.4. The second kappa shape index (κ2) is 5.78. The molecule has 1 unspecified atom stereocenters. The third kappa shape index (κ3) is 2.45. The molecule has 2 saturated heterocycles. The van der Waals surface area contributed by atoms with Crippen molar-refractivity contribution in [3.8, 4) is 0 Å². The van der Waals surface area contributed by atoms with E-state index in [1.54, 1.807) is 21.7 Å². The van der Waals surface area contributed by atoms with Gasteiger partial charge in [0, 0.05) is 44.1 Å². The number of H-pyrrole nitrogens is 1. The summed E-state index contributed by atoms with van der Waals surface area (Å²) < 4.78 is 13.7. The van der Waals surface area contributed by atoms with Crippen LogP contribution in [-0.2, 0) is 0 Å². The molecule has 9 heteroatoms. The zero-order valence-corrected chi connectivity index (χ0v) is 14.9. The van der Waals surface area contributed by atoms with E-state index in [1.807, 2.05) is 0 Å². The first-order valence-electron chi connectivity index (χ1n) is 7.84. The lowest BCUT2D eigenvalue weighted by molar-refractivity contribution is 0.0612. The Kier molecular flexibility index (Phi) is 3.81. The summed E-state index contributed by atoms with van der Waals surface area (Å²) >= 11 is 12.3. The van der Waals surface area contributed by atoms with Gasteiger partial charge in [-0.25, -0.2) is 9.18 Å². The van der Waals surface area contributed by atoms with Crippen molar-refractivity contribution in [1.29, 1.82) is 0 Å². The molecule has 2 fully saturated rings. The van der Waals surface area contributed by atoms with E-state index >= 15 is 0 Å². The summed E-state index contributed by atoms with van der Waals surface area (Å²) in [6.45, 7) is 1.91. The molecule has 4 rings (SSSR count). The number of amides is 3. The van der Waals surface area contributed by atoms with E-state index in [-0.39, 0.29) is 33.7 Å². The van der Waals surface area contributed by atoms with Crippen molar-refractivity contribution < 1.29 is 14.0 Å². The lowest BCUT2D eigenvalue weighted by Gasteiger charge is -2.36. The number of fused-ring (bicyclic) bond motifs is 2. The second-order valence-corrected chi connectivity index (χ2v) is 7.12. The van der Waals surface area contributed by atoms with Crippen LogP contribution in [0.4, 0.5) is 9.18 Å². The van der Waals surface area contributed by atoms with Gasteiger partial charge in [-0.05, 0) is 12.1 Å². The number of halogens is 3. The van der Waals surface area contributed by atoms with E-state index in [4.69, 9.17) is 23.2 Å². The molecule has 0 aliphatic carbocycles. The summed E-state index contributed by atoms with van der Waals surface area (Å²) in [5.41, 5.74) is 0.699. The first kappa shape index (κ1) is 16.5. The number of nitrogens with one attached hydrogen (secondary N) is 1. The van der Waals surface area contributed by atoms with Crippen LogP contribution >= 0.6 is 23.2 Å². The molecule has 2 aromatic rings. The van der Waals surface area contributed by atoms with Gasteiger partial charge in [-0.1, -0.05) is 23.2 Å². The molecule has 6 nitrogen and oxygen atoms in total. The van der Waals surface area contributed by atoms with Crippen LogP contribution in [0.1, 0.15) is 10.5 Å². The van der Waals surface area contributed by atoms with Gasteiger partial charge in [-0.2, -0.15) is 0 Å². The van der Waals surface area contributed by atoms with Gasteiger partial charge in [0.1, 0.15) is 11.5 Å². The van der Waals surface area contributed by atoms with Crippen molar-refractivity contribution in [3.63, 3.8) is 0 Å². The Morgan fingerprint density at radius 1 is 1.24 bits per heavy atom. The van der Waals surface area contributed by atoms with Crippen molar-refractivity contribution in [3.05, 3.63) is 33.7 Å². The van der Waals surface area contributed by atoms with Crippen LogP contribution < -0.4 is 0 Å². The lowest BCUT2D eigenvalue weighted by Crippen LogP contribution is -2.53. The Labute approximate surface area is 153 Å². The third-order valence-electron chi connectivity index (χ3n) is 4.83. The normalized spacial score (nSPS) is 20.6. The average Bonchev–Trinajstić information content (AvgIpc) is 3.08. The summed E-state index contributed by atoms with van der Waals surface area (Å²) in [6, 6.07) is 2.69. The molecule has 1 aromatic carbocycles. The highest BCUT2D eigenvalue weighted by atomic mass is 35.5. The minimum Gasteiger partial charge on any atom is -0.349 e. The molecule has 132 valence electrons. The number of likely N-dealkylation sites (N-methyl/N-ethyl adjacent to an activating group) is 1. The Hall–Kier alpha value is -1.99. The number of nitrogens with zero attached hydrogens (tertiary/aromatic N) is 3. The molecule has 1 atom stereocenters. The van der Waals surface area contributed by atoms with Gasteiger partial charge in [-0.3, -0.25) is 4.79 Å². The molecule has 0 bridgehead atoms. The van der Waals surface area contributed by atoms with Crippen molar-refractivity contribution in [1.82, 2.24) is 19.7 Å². The molecule has 25 heavy (non-hydrogen) atoms. The molecule has 0 radical (unpaired) electrons. The van der Waals surface area contributed by atoms with E-state index in [1.165, 1.54) is 12.1 Å². The maximum atomic E-state index is 13.7. The van der Waals surface area contributed by atoms with E-state index < -0.39 is 5.82 Å². The summed E-state index contributed by atoms with van der Waals surface area (Å²) in [7, 11) is 1.75. The quantitative estimate of drug-likeness (QED) is 0.821. The van der Waals surface area contributed by atoms with Gasteiger partial charge >= 0.3 is 6.03 Å². The highest BCUT2D eigenvalue weighted by molar-refractivity contribution is 6.44. The topological polar surface area (TPSA) is 59.7 Å². The predicted molar refractivity (Wildman–Crippen MR) is 92.7 cm³/mol. The first-order chi connectivity index (χ1) is 11.9. The van der Waals surface area contributed by atoms with Crippen molar-refractivity contribution >= 4 is 46.0 Å². The third-order valence-corrected chi connectivity index (χ3v) is 5.58. The Balaban J connectivity index is 1.64. The number of hydrogen-bond acceptors (Lipinski definition) is 2. The van der Waals surface area contributed by atoms with Crippen LogP contribution in [0.5, 0.6) is 0 Å². The van der Waals surface area contributed by atoms with Gasteiger partial charge < -0.3 is 19.7 Å². The number of rotatable bonds is 1. The van der Waals surface area contributed by atoms with E-state index in [9.17, 15) is 14.0 Å². The number of hydrogen-bond donors (Lipinski definition) is 1.